The minimum Gasteiger partial charge on any atom is -0.447 e. The molecule has 1 aromatic carbocycles. The van der Waals surface area contributed by atoms with E-state index in [1.807, 2.05) is 0 Å². The molecule has 2 rings (SSSR count). The van der Waals surface area contributed by atoms with E-state index < -0.39 is 17.7 Å². The van der Waals surface area contributed by atoms with Gasteiger partial charge in [0, 0.05) is 11.6 Å². The number of rotatable bonds is 2. The van der Waals surface area contributed by atoms with Crippen molar-refractivity contribution in [3.8, 4) is 0 Å². The number of halogens is 3. The quantitative estimate of drug-likeness (QED) is 0.893. The van der Waals surface area contributed by atoms with E-state index >= 15 is 0 Å². The van der Waals surface area contributed by atoms with Crippen molar-refractivity contribution in [3.05, 3.63) is 58.0 Å². The Morgan fingerprint density at radius 1 is 1.24 bits per heavy atom. The van der Waals surface area contributed by atoms with Crippen molar-refractivity contribution < 1.29 is 18.3 Å². The molecule has 1 N–H and O–H groups in total. The van der Waals surface area contributed by atoms with Crippen LogP contribution in [0.2, 0.25) is 5.22 Å². The third-order valence-electron chi connectivity index (χ3n) is 2.44. The molecule has 0 fully saturated rings. The van der Waals surface area contributed by atoms with Crippen LogP contribution in [0.1, 0.15) is 23.0 Å². The largest absolute Gasteiger partial charge is 0.447 e. The summed E-state index contributed by atoms with van der Waals surface area (Å²) >= 11 is 5.56. The van der Waals surface area contributed by atoms with Crippen LogP contribution in [0.3, 0.4) is 0 Å². The van der Waals surface area contributed by atoms with Crippen molar-refractivity contribution in [1.29, 1.82) is 0 Å². The van der Waals surface area contributed by atoms with Crippen molar-refractivity contribution in [2.75, 3.05) is 0 Å². The van der Waals surface area contributed by atoms with Gasteiger partial charge in [-0.05, 0) is 42.3 Å². The Bertz CT molecular complexity index is 551. The molecule has 90 valence electrons. The zero-order valence-corrected chi connectivity index (χ0v) is 9.63. The Hall–Kier alpha value is -1.39. The number of hydrogen-bond donors (Lipinski definition) is 1. The maximum atomic E-state index is 13.5. The van der Waals surface area contributed by atoms with Gasteiger partial charge in [-0.25, -0.2) is 8.78 Å². The van der Waals surface area contributed by atoms with Crippen molar-refractivity contribution in [2.45, 2.75) is 13.0 Å². The third-order valence-corrected chi connectivity index (χ3v) is 2.64. The van der Waals surface area contributed by atoms with Gasteiger partial charge in [-0.1, -0.05) is 0 Å². The highest BCUT2D eigenvalue weighted by Gasteiger charge is 2.19. The number of aliphatic hydroxyl groups excluding tert-OH is 1. The minimum atomic E-state index is -1.30. The van der Waals surface area contributed by atoms with Gasteiger partial charge in [-0.3, -0.25) is 0 Å². The second-order valence-electron chi connectivity index (χ2n) is 3.67. The SMILES string of the molecule is Cc1cc(C(O)c2ccc(Cl)o2)c(F)cc1F. The maximum absolute atomic E-state index is 13.5. The van der Waals surface area contributed by atoms with Crippen LogP contribution >= 0.6 is 11.6 Å². The molecule has 17 heavy (non-hydrogen) atoms. The molecule has 0 aliphatic heterocycles. The summed E-state index contributed by atoms with van der Waals surface area (Å²) in [6, 6.07) is 4.85. The molecule has 0 saturated carbocycles. The number of hydrogen-bond acceptors (Lipinski definition) is 2. The lowest BCUT2D eigenvalue weighted by molar-refractivity contribution is 0.184. The first-order valence-corrected chi connectivity index (χ1v) is 5.25. The van der Waals surface area contributed by atoms with E-state index in [2.05, 4.69) is 0 Å². The van der Waals surface area contributed by atoms with E-state index in [0.29, 0.717) is 0 Å². The van der Waals surface area contributed by atoms with Crippen molar-refractivity contribution >= 4 is 11.6 Å². The van der Waals surface area contributed by atoms with Crippen LogP contribution in [0, 0.1) is 18.6 Å². The van der Waals surface area contributed by atoms with Gasteiger partial charge in [0.2, 0.25) is 0 Å². The monoisotopic (exact) mass is 258 g/mol. The first-order valence-electron chi connectivity index (χ1n) is 4.88. The van der Waals surface area contributed by atoms with Crippen LogP contribution in [0.5, 0.6) is 0 Å². The third kappa shape index (κ3) is 2.33. The van der Waals surface area contributed by atoms with E-state index in [-0.39, 0.29) is 22.1 Å². The van der Waals surface area contributed by atoms with Gasteiger partial charge < -0.3 is 9.52 Å². The fourth-order valence-electron chi connectivity index (χ4n) is 1.52. The van der Waals surface area contributed by atoms with E-state index in [1.54, 1.807) is 0 Å². The molecule has 0 aliphatic carbocycles. The van der Waals surface area contributed by atoms with E-state index in [9.17, 15) is 13.9 Å². The zero-order valence-electron chi connectivity index (χ0n) is 8.88. The topological polar surface area (TPSA) is 33.4 Å². The first-order chi connectivity index (χ1) is 7.99. The number of aryl methyl sites for hydroxylation is 1. The standard InChI is InChI=1S/C12H9ClF2O2/c1-6-4-7(9(15)5-8(6)14)12(16)10-2-3-11(13)17-10/h2-5,12,16H,1H3. The Morgan fingerprint density at radius 3 is 2.53 bits per heavy atom. The summed E-state index contributed by atoms with van der Waals surface area (Å²) in [6.07, 6.45) is -1.30. The van der Waals surface area contributed by atoms with E-state index in [0.717, 1.165) is 6.07 Å². The van der Waals surface area contributed by atoms with E-state index in [1.165, 1.54) is 25.1 Å². The molecular formula is C12H9ClF2O2. The average Bonchev–Trinajstić information content (AvgIpc) is 2.69. The number of benzene rings is 1. The molecule has 2 nitrogen and oxygen atoms in total. The zero-order chi connectivity index (χ0) is 12.6. The fraction of sp³-hybridized carbons (Fsp3) is 0.167. The van der Waals surface area contributed by atoms with Crippen LogP contribution < -0.4 is 0 Å². The summed E-state index contributed by atoms with van der Waals surface area (Å²) in [6.45, 7) is 1.49. The molecule has 0 radical (unpaired) electrons. The van der Waals surface area contributed by atoms with Crippen LogP contribution in [0.25, 0.3) is 0 Å². The molecule has 5 heteroatoms. The smallest absolute Gasteiger partial charge is 0.193 e. The Morgan fingerprint density at radius 2 is 1.94 bits per heavy atom. The summed E-state index contributed by atoms with van der Waals surface area (Å²) < 4.78 is 31.5. The fourth-order valence-corrected chi connectivity index (χ4v) is 1.67. The van der Waals surface area contributed by atoms with Gasteiger partial charge in [0.1, 0.15) is 23.5 Å². The molecule has 1 atom stereocenters. The molecule has 0 amide bonds. The maximum Gasteiger partial charge on any atom is 0.193 e. The molecule has 0 spiro atoms. The summed E-state index contributed by atoms with van der Waals surface area (Å²) in [7, 11) is 0. The minimum absolute atomic E-state index is 0.0464. The number of furan rings is 1. The summed E-state index contributed by atoms with van der Waals surface area (Å²) in [5.41, 5.74) is 0.202. The average molecular weight is 259 g/mol. The Kier molecular flexibility index (Phi) is 3.17. The lowest BCUT2D eigenvalue weighted by Crippen LogP contribution is -2.03. The van der Waals surface area contributed by atoms with Crippen LogP contribution in [0.15, 0.2) is 28.7 Å². The lowest BCUT2D eigenvalue weighted by atomic mass is 10.0. The normalized spacial score (nSPS) is 12.8. The van der Waals surface area contributed by atoms with E-state index in [4.69, 9.17) is 16.0 Å². The summed E-state index contributed by atoms with van der Waals surface area (Å²) in [4.78, 5) is 0. The second-order valence-corrected chi connectivity index (χ2v) is 4.04. The molecular weight excluding hydrogens is 250 g/mol. The van der Waals surface area contributed by atoms with Crippen molar-refractivity contribution in [1.82, 2.24) is 0 Å². The molecule has 0 aliphatic rings. The molecule has 0 saturated heterocycles. The summed E-state index contributed by atoms with van der Waals surface area (Å²) in [5, 5.41) is 9.98. The molecule has 1 heterocycles. The summed E-state index contributed by atoms with van der Waals surface area (Å²) in [5.74, 6) is -1.37. The van der Waals surface area contributed by atoms with Crippen LogP contribution in [-0.4, -0.2) is 5.11 Å². The second kappa shape index (κ2) is 4.47. The van der Waals surface area contributed by atoms with Gasteiger partial charge in [0.05, 0.1) is 0 Å². The highest BCUT2D eigenvalue weighted by atomic mass is 35.5. The Labute approximate surface area is 101 Å². The molecule has 0 bridgehead atoms. The van der Waals surface area contributed by atoms with Crippen LogP contribution in [0.4, 0.5) is 8.78 Å². The lowest BCUT2D eigenvalue weighted by Gasteiger charge is -2.10. The highest BCUT2D eigenvalue weighted by molar-refractivity contribution is 6.28. The van der Waals surface area contributed by atoms with Gasteiger partial charge in [0.25, 0.3) is 0 Å². The highest BCUT2D eigenvalue weighted by Crippen LogP contribution is 2.28. The van der Waals surface area contributed by atoms with Crippen molar-refractivity contribution in [2.24, 2.45) is 0 Å². The number of aliphatic hydroxyl groups is 1. The Balaban J connectivity index is 2.43. The van der Waals surface area contributed by atoms with Gasteiger partial charge in [-0.2, -0.15) is 0 Å². The molecule has 2 aromatic rings. The first kappa shape index (κ1) is 12.1. The predicted octanol–water partition coefficient (Wildman–Crippen LogP) is 3.60. The molecule has 1 aromatic heterocycles. The van der Waals surface area contributed by atoms with Gasteiger partial charge in [0.15, 0.2) is 5.22 Å². The molecule has 1 unspecified atom stereocenters. The van der Waals surface area contributed by atoms with Gasteiger partial charge >= 0.3 is 0 Å². The predicted molar refractivity (Wildman–Crippen MR) is 58.9 cm³/mol. The van der Waals surface area contributed by atoms with Crippen LogP contribution in [-0.2, 0) is 0 Å². The van der Waals surface area contributed by atoms with Gasteiger partial charge in [-0.15, -0.1) is 0 Å². The van der Waals surface area contributed by atoms with Crippen molar-refractivity contribution in [3.63, 3.8) is 0 Å².